The van der Waals surface area contributed by atoms with Crippen LogP contribution in [-0.4, -0.2) is 19.1 Å². The van der Waals surface area contributed by atoms with Gasteiger partial charge in [0.05, 0.1) is 28.4 Å². The zero-order chi connectivity index (χ0) is 14.6. The molecule has 2 aromatic carbocycles. The van der Waals surface area contributed by atoms with Crippen molar-refractivity contribution in [2.45, 2.75) is 0 Å². The van der Waals surface area contributed by atoms with Crippen molar-refractivity contribution in [3.63, 3.8) is 0 Å². The van der Waals surface area contributed by atoms with E-state index >= 15 is 0 Å². The van der Waals surface area contributed by atoms with E-state index in [1.165, 1.54) is 0 Å². The standard InChI is InChI=1S/C16H13BrN4/c1-20-9-18-12-5-3-10(7-14(12)20)16-19-13-6-4-11(17)8-15(13)21(16)2/h3-9H,1-2H3. The van der Waals surface area contributed by atoms with E-state index < -0.39 is 0 Å². The summed E-state index contributed by atoms with van der Waals surface area (Å²) in [6.45, 7) is 0. The van der Waals surface area contributed by atoms with Crippen molar-refractivity contribution in [2.75, 3.05) is 0 Å². The second kappa shape index (κ2) is 4.43. The first-order valence-electron chi connectivity index (χ1n) is 6.67. The van der Waals surface area contributed by atoms with Crippen LogP contribution in [0.25, 0.3) is 33.5 Å². The monoisotopic (exact) mass is 340 g/mol. The van der Waals surface area contributed by atoms with Gasteiger partial charge in [-0.1, -0.05) is 15.9 Å². The van der Waals surface area contributed by atoms with Crippen LogP contribution in [0.1, 0.15) is 0 Å². The van der Waals surface area contributed by atoms with Gasteiger partial charge in [-0.05, 0) is 36.4 Å². The topological polar surface area (TPSA) is 35.6 Å². The summed E-state index contributed by atoms with van der Waals surface area (Å²) < 4.78 is 5.21. The first kappa shape index (κ1) is 12.6. The van der Waals surface area contributed by atoms with Gasteiger partial charge in [-0.2, -0.15) is 0 Å². The number of nitrogens with zero attached hydrogens (tertiary/aromatic N) is 4. The van der Waals surface area contributed by atoms with Gasteiger partial charge in [-0.25, -0.2) is 9.97 Å². The Morgan fingerprint density at radius 3 is 2.62 bits per heavy atom. The molecule has 0 radical (unpaired) electrons. The zero-order valence-corrected chi connectivity index (χ0v) is 13.3. The molecule has 0 aliphatic carbocycles. The third kappa shape index (κ3) is 1.88. The van der Waals surface area contributed by atoms with Crippen molar-refractivity contribution in [1.82, 2.24) is 19.1 Å². The zero-order valence-electron chi connectivity index (χ0n) is 11.7. The molecule has 0 aliphatic heterocycles. The van der Waals surface area contributed by atoms with Gasteiger partial charge in [-0.15, -0.1) is 0 Å². The summed E-state index contributed by atoms with van der Waals surface area (Å²) in [5, 5.41) is 0. The molecule has 4 rings (SSSR count). The van der Waals surface area contributed by atoms with Crippen LogP contribution in [0.15, 0.2) is 47.2 Å². The van der Waals surface area contributed by atoms with Crippen LogP contribution in [0.3, 0.4) is 0 Å². The molecule has 0 unspecified atom stereocenters. The SMILES string of the molecule is Cn1cnc2ccc(-c3nc4ccc(Br)cc4n3C)cc21. The Balaban J connectivity index is 1.99. The Bertz CT molecular complexity index is 981. The highest BCUT2D eigenvalue weighted by Crippen LogP contribution is 2.27. The van der Waals surface area contributed by atoms with Crippen LogP contribution >= 0.6 is 15.9 Å². The lowest BCUT2D eigenvalue weighted by Crippen LogP contribution is -1.93. The van der Waals surface area contributed by atoms with E-state index in [-0.39, 0.29) is 0 Å². The predicted molar refractivity (Wildman–Crippen MR) is 88.1 cm³/mol. The number of imidazole rings is 2. The van der Waals surface area contributed by atoms with Gasteiger partial charge in [0.15, 0.2) is 0 Å². The highest BCUT2D eigenvalue weighted by Gasteiger charge is 2.11. The van der Waals surface area contributed by atoms with Crippen LogP contribution < -0.4 is 0 Å². The summed E-state index contributed by atoms with van der Waals surface area (Å²) in [5.74, 6) is 0.964. The Labute approximate surface area is 130 Å². The average Bonchev–Trinajstić information content (AvgIpc) is 3.01. The Hall–Kier alpha value is -2.14. The summed E-state index contributed by atoms with van der Waals surface area (Å²) in [4.78, 5) is 9.12. The van der Waals surface area contributed by atoms with Crippen LogP contribution in [-0.2, 0) is 14.1 Å². The highest BCUT2D eigenvalue weighted by atomic mass is 79.9. The molecule has 4 nitrogen and oxygen atoms in total. The fourth-order valence-electron chi connectivity index (χ4n) is 2.69. The minimum absolute atomic E-state index is 0.964. The first-order chi connectivity index (χ1) is 10.1. The fraction of sp³-hybridized carbons (Fsp3) is 0.125. The van der Waals surface area contributed by atoms with E-state index in [9.17, 15) is 0 Å². The van der Waals surface area contributed by atoms with Gasteiger partial charge in [0, 0.05) is 24.1 Å². The smallest absolute Gasteiger partial charge is 0.140 e. The van der Waals surface area contributed by atoms with Crippen LogP contribution in [0.2, 0.25) is 0 Å². The number of halogens is 1. The van der Waals surface area contributed by atoms with Gasteiger partial charge >= 0.3 is 0 Å². The summed E-state index contributed by atoms with van der Waals surface area (Å²) >= 11 is 3.52. The maximum atomic E-state index is 4.76. The normalized spacial score (nSPS) is 11.6. The van der Waals surface area contributed by atoms with Crippen molar-refractivity contribution in [3.8, 4) is 11.4 Å². The lowest BCUT2D eigenvalue weighted by molar-refractivity contribution is 0.945. The molecule has 2 aromatic heterocycles. The number of fused-ring (bicyclic) bond motifs is 2. The summed E-state index contributed by atoms with van der Waals surface area (Å²) in [6.07, 6.45) is 1.83. The van der Waals surface area contributed by atoms with Gasteiger partial charge in [0.1, 0.15) is 5.82 Å². The molecule has 0 saturated carbocycles. The molecule has 0 fully saturated rings. The number of rotatable bonds is 1. The average molecular weight is 341 g/mol. The molecule has 104 valence electrons. The molecular formula is C16H13BrN4. The molecule has 2 heterocycles. The predicted octanol–water partition coefficient (Wildman–Crippen LogP) is 3.89. The van der Waals surface area contributed by atoms with E-state index in [1.54, 1.807) is 0 Å². The van der Waals surface area contributed by atoms with Crippen molar-refractivity contribution >= 4 is 38.0 Å². The molecule has 0 aliphatic rings. The molecule has 0 saturated heterocycles. The Kier molecular flexibility index (Phi) is 2.65. The van der Waals surface area contributed by atoms with E-state index in [2.05, 4.69) is 43.7 Å². The van der Waals surface area contributed by atoms with Crippen molar-refractivity contribution in [3.05, 3.63) is 47.2 Å². The highest BCUT2D eigenvalue weighted by molar-refractivity contribution is 9.10. The Morgan fingerprint density at radius 2 is 1.76 bits per heavy atom. The lowest BCUT2D eigenvalue weighted by atomic mass is 10.2. The maximum absolute atomic E-state index is 4.76. The minimum Gasteiger partial charge on any atom is -0.334 e. The molecule has 4 aromatic rings. The second-order valence-corrected chi connectivity index (χ2v) is 6.10. The van der Waals surface area contributed by atoms with Gasteiger partial charge in [-0.3, -0.25) is 0 Å². The molecular weight excluding hydrogens is 328 g/mol. The van der Waals surface area contributed by atoms with Gasteiger partial charge in [0.25, 0.3) is 0 Å². The molecule has 0 amide bonds. The van der Waals surface area contributed by atoms with E-state index in [1.807, 2.05) is 43.2 Å². The van der Waals surface area contributed by atoms with E-state index in [4.69, 9.17) is 4.98 Å². The maximum Gasteiger partial charge on any atom is 0.140 e. The lowest BCUT2D eigenvalue weighted by Gasteiger charge is -2.03. The number of aromatic nitrogens is 4. The number of aryl methyl sites for hydroxylation is 2. The van der Waals surface area contributed by atoms with Crippen LogP contribution in [0, 0.1) is 0 Å². The van der Waals surface area contributed by atoms with Crippen molar-refractivity contribution < 1.29 is 0 Å². The summed E-state index contributed by atoms with van der Waals surface area (Å²) in [6, 6.07) is 12.4. The van der Waals surface area contributed by atoms with Crippen LogP contribution in [0.5, 0.6) is 0 Å². The summed E-state index contributed by atoms with van der Waals surface area (Å²) in [7, 11) is 4.05. The summed E-state index contributed by atoms with van der Waals surface area (Å²) in [5.41, 5.74) is 5.33. The molecule has 0 bridgehead atoms. The molecule has 0 atom stereocenters. The number of hydrogen-bond acceptors (Lipinski definition) is 2. The molecule has 21 heavy (non-hydrogen) atoms. The van der Waals surface area contributed by atoms with E-state index in [0.29, 0.717) is 0 Å². The molecule has 0 N–H and O–H groups in total. The van der Waals surface area contributed by atoms with Gasteiger partial charge < -0.3 is 9.13 Å². The number of hydrogen-bond donors (Lipinski definition) is 0. The van der Waals surface area contributed by atoms with Crippen molar-refractivity contribution in [2.24, 2.45) is 14.1 Å². The quantitative estimate of drug-likeness (QED) is 0.527. The first-order valence-corrected chi connectivity index (χ1v) is 7.46. The largest absolute Gasteiger partial charge is 0.334 e. The molecule has 0 spiro atoms. The van der Waals surface area contributed by atoms with E-state index in [0.717, 1.165) is 37.9 Å². The third-order valence-electron chi connectivity index (χ3n) is 3.83. The van der Waals surface area contributed by atoms with Crippen molar-refractivity contribution in [1.29, 1.82) is 0 Å². The van der Waals surface area contributed by atoms with Crippen LogP contribution in [0.4, 0.5) is 0 Å². The molecule has 5 heteroatoms. The Morgan fingerprint density at radius 1 is 0.952 bits per heavy atom. The van der Waals surface area contributed by atoms with Gasteiger partial charge in [0.2, 0.25) is 0 Å². The third-order valence-corrected chi connectivity index (χ3v) is 4.32. The minimum atomic E-state index is 0.964. The number of benzene rings is 2. The fourth-order valence-corrected chi connectivity index (χ4v) is 3.04. The second-order valence-electron chi connectivity index (χ2n) is 5.19.